The molecule has 0 radical (unpaired) electrons. The lowest BCUT2D eigenvalue weighted by molar-refractivity contribution is 0.0664. The van der Waals surface area contributed by atoms with E-state index in [2.05, 4.69) is 20.3 Å². The second-order valence-electron chi connectivity index (χ2n) is 8.18. The number of benzene rings is 1. The number of nitrogens with one attached hydrogen (secondary N) is 1. The molecule has 168 valence electrons. The van der Waals surface area contributed by atoms with Crippen molar-refractivity contribution in [2.75, 3.05) is 45.7 Å². The number of hydrogen-bond acceptors (Lipinski definition) is 6. The van der Waals surface area contributed by atoms with Crippen molar-refractivity contribution in [3.63, 3.8) is 0 Å². The third kappa shape index (κ3) is 4.03. The summed E-state index contributed by atoms with van der Waals surface area (Å²) < 4.78 is 7.11. The molecule has 32 heavy (non-hydrogen) atoms. The predicted molar refractivity (Wildman–Crippen MR) is 122 cm³/mol. The average Bonchev–Trinajstić information content (AvgIpc) is 3.06. The van der Waals surface area contributed by atoms with Crippen LogP contribution >= 0.6 is 0 Å². The maximum Gasteiger partial charge on any atom is 0.256 e. The molecule has 1 saturated heterocycles. The van der Waals surface area contributed by atoms with Gasteiger partial charge in [0.15, 0.2) is 5.65 Å². The normalized spacial score (nSPS) is 14.6. The van der Waals surface area contributed by atoms with Crippen molar-refractivity contribution < 1.29 is 14.3 Å². The van der Waals surface area contributed by atoms with Gasteiger partial charge in [0.25, 0.3) is 11.8 Å². The van der Waals surface area contributed by atoms with E-state index in [1.54, 1.807) is 36.0 Å². The van der Waals surface area contributed by atoms with Gasteiger partial charge in [-0.1, -0.05) is 0 Å². The Kier molecular flexibility index (Phi) is 5.84. The molecule has 0 unspecified atom stereocenters. The molecule has 3 aromatic rings. The minimum absolute atomic E-state index is 0.0542. The molecule has 1 aliphatic rings. The summed E-state index contributed by atoms with van der Waals surface area (Å²) in [6.45, 7) is 6.73. The molecule has 1 N–H and O–H groups in total. The van der Waals surface area contributed by atoms with Gasteiger partial charge in [-0.05, 0) is 45.2 Å². The van der Waals surface area contributed by atoms with Crippen molar-refractivity contribution in [2.45, 2.75) is 13.8 Å². The van der Waals surface area contributed by atoms with Crippen LogP contribution in [0.3, 0.4) is 0 Å². The SMILES string of the molecule is COc1ccc(C(=O)N2CCN(C)CC2)cc1NC(=O)c1cc(C)nc2c1c(C)nn2C. The molecule has 9 heteroatoms. The van der Waals surface area contributed by atoms with E-state index in [9.17, 15) is 9.59 Å². The molecule has 3 heterocycles. The van der Waals surface area contributed by atoms with Crippen LogP contribution in [0.15, 0.2) is 24.3 Å². The van der Waals surface area contributed by atoms with Crippen LogP contribution in [0, 0.1) is 13.8 Å². The van der Waals surface area contributed by atoms with Gasteiger partial charge in [-0.2, -0.15) is 5.10 Å². The summed E-state index contributed by atoms with van der Waals surface area (Å²) in [4.78, 5) is 34.9. The molecule has 0 spiro atoms. The molecule has 2 amide bonds. The van der Waals surface area contributed by atoms with Crippen molar-refractivity contribution in [2.24, 2.45) is 7.05 Å². The largest absolute Gasteiger partial charge is 0.495 e. The fourth-order valence-electron chi connectivity index (χ4n) is 4.07. The second kappa shape index (κ2) is 8.58. The van der Waals surface area contributed by atoms with Crippen LogP contribution in [-0.4, -0.2) is 76.7 Å². The lowest BCUT2D eigenvalue weighted by Crippen LogP contribution is -2.47. The van der Waals surface area contributed by atoms with Gasteiger partial charge < -0.3 is 19.9 Å². The van der Waals surface area contributed by atoms with Gasteiger partial charge in [0, 0.05) is 44.5 Å². The number of pyridine rings is 1. The number of nitrogens with zero attached hydrogens (tertiary/aromatic N) is 5. The highest BCUT2D eigenvalue weighted by Gasteiger charge is 2.23. The predicted octanol–water partition coefficient (Wildman–Crippen LogP) is 2.23. The number of carbonyl (C=O) groups is 2. The number of likely N-dealkylation sites (N-methyl/N-ethyl adjacent to an activating group) is 1. The lowest BCUT2D eigenvalue weighted by Gasteiger charge is -2.32. The van der Waals surface area contributed by atoms with Crippen molar-refractivity contribution in [3.8, 4) is 5.75 Å². The molecule has 1 aliphatic heterocycles. The molecular weight excluding hydrogens is 408 g/mol. The first-order valence-corrected chi connectivity index (χ1v) is 10.6. The Morgan fingerprint density at radius 1 is 1.06 bits per heavy atom. The molecule has 2 aromatic heterocycles. The summed E-state index contributed by atoms with van der Waals surface area (Å²) in [5.41, 5.74) is 3.54. The Bertz CT molecular complexity index is 1190. The molecule has 1 fully saturated rings. The van der Waals surface area contributed by atoms with Gasteiger partial charge in [0.1, 0.15) is 5.75 Å². The number of methoxy groups -OCH3 is 1. The maximum absolute atomic E-state index is 13.3. The molecule has 0 saturated carbocycles. The monoisotopic (exact) mass is 436 g/mol. The van der Waals surface area contributed by atoms with E-state index < -0.39 is 0 Å². The van der Waals surface area contributed by atoms with Gasteiger partial charge in [-0.15, -0.1) is 0 Å². The average molecular weight is 437 g/mol. The summed E-state index contributed by atoms with van der Waals surface area (Å²) >= 11 is 0. The molecule has 0 atom stereocenters. The highest BCUT2D eigenvalue weighted by molar-refractivity contribution is 6.13. The van der Waals surface area contributed by atoms with Crippen molar-refractivity contribution in [1.29, 1.82) is 0 Å². The summed E-state index contributed by atoms with van der Waals surface area (Å²) in [5, 5.41) is 8.04. The van der Waals surface area contributed by atoms with Crippen molar-refractivity contribution in [1.82, 2.24) is 24.6 Å². The zero-order valence-electron chi connectivity index (χ0n) is 19.1. The summed E-state index contributed by atoms with van der Waals surface area (Å²) in [7, 11) is 5.39. The number of amides is 2. The fourth-order valence-corrected chi connectivity index (χ4v) is 4.07. The highest BCUT2D eigenvalue weighted by atomic mass is 16.5. The third-order valence-corrected chi connectivity index (χ3v) is 5.83. The minimum Gasteiger partial charge on any atom is -0.495 e. The second-order valence-corrected chi connectivity index (χ2v) is 8.18. The van der Waals surface area contributed by atoms with Gasteiger partial charge in [0.2, 0.25) is 0 Å². The van der Waals surface area contributed by atoms with Gasteiger partial charge in [-0.25, -0.2) is 4.98 Å². The van der Waals surface area contributed by atoms with E-state index in [1.165, 1.54) is 7.11 Å². The van der Waals surface area contributed by atoms with E-state index in [1.807, 2.05) is 25.8 Å². The maximum atomic E-state index is 13.3. The van der Waals surface area contributed by atoms with Crippen LogP contribution in [0.5, 0.6) is 5.75 Å². The molecular formula is C23H28N6O3. The molecule has 1 aromatic carbocycles. The number of rotatable bonds is 4. The van der Waals surface area contributed by atoms with E-state index in [4.69, 9.17) is 4.74 Å². The summed E-state index contributed by atoms with van der Waals surface area (Å²) in [6.07, 6.45) is 0. The lowest BCUT2D eigenvalue weighted by atomic mass is 10.1. The smallest absolute Gasteiger partial charge is 0.256 e. The number of fused-ring (bicyclic) bond motifs is 1. The first kappa shape index (κ1) is 21.8. The van der Waals surface area contributed by atoms with E-state index in [0.29, 0.717) is 46.7 Å². The molecule has 0 aliphatic carbocycles. The number of carbonyl (C=O) groups excluding carboxylic acids is 2. The Morgan fingerprint density at radius 2 is 1.78 bits per heavy atom. The van der Waals surface area contributed by atoms with Crippen LogP contribution in [0.1, 0.15) is 32.1 Å². The minimum atomic E-state index is -0.306. The molecule has 9 nitrogen and oxygen atoms in total. The van der Waals surface area contributed by atoms with Gasteiger partial charge >= 0.3 is 0 Å². The van der Waals surface area contributed by atoms with Crippen LogP contribution in [0.2, 0.25) is 0 Å². The summed E-state index contributed by atoms with van der Waals surface area (Å²) in [6, 6.07) is 6.87. The number of hydrogen-bond donors (Lipinski definition) is 1. The molecule has 4 rings (SSSR count). The van der Waals surface area contributed by atoms with Gasteiger partial charge in [0.05, 0.1) is 29.4 Å². The topological polar surface area (TPSA) is 92.6 Å². The van der Waals surface area contributed by atoms with Crippen LogP contribution in [0.25, 0.3) is 11.0 Å². The first-order chi connectivity index (χ1) is 15.3. The Labute approximate surface area is 187 Å². The van der Waals surface area contributed by atoms with Crippen LogP contribution < -0.4 is 10.1 Å². The highest BCUT2D eigenvalue weighted by Crippen LogP contribution is 2.28. The number of aryl methyl sites for hydroxylation is 3. The zero-order chi connectivity index (χ0) is 23.0. The Hall–Kier alpha value is -3.46. The Balaban J connectivity index is 1.66. The van der Waals surface area contributed by atoms with E-state index >= 15 is 0 Å². The fraction of sp³-hybridized carbons (Fsp3) is 0.391. The first-order valence-electron chi connectivity index (χ1n) is 10.6. The molecule has 0 bridgehead atoms. The third-order valence-electron chi connectivity index (χ3n) is 5.83. The number of aromatic nitrogens is 3. The van der Waals surface area contributed by atoms with Crippen molar-refractivity contribution in [3.05, 3.63) is 46.8 Å². The number of anilines is 1. The van der Waals surface area contributed by atoms with E-state index in [0.717, 1.165) is 24.5 Å². The van der Waals surface area contributed by atoms with Crippen LogP contribution in [-0.2, 0) is 7.05 Å². The van der Waals surface area contributed by atoms with E-state index in [-0.39, 0.29) is 11.8 Å². The number of piperazine rings is 1. The number of ether oxygens (including phenoxy) is 1. The quantitative estimate of drug-likeness (QED) is 0.674. The van der Waals surface area contributed by atoms with Crippen LogP contribution in [0.4, 0.5) is 5.69 Å². The Morgan fingerprint density at radius 3 is 2.47 bits per heavy atom. The summed E-state index contributed by atoms with van der Waals surface area (Å²) in [5.74, 6) is 0.124. The van der Waals surface area contributed by atoms with Crippen molar-refractivity contribution >= 4 is 28.5 Å². The zero-order valence-corrected chi connectivity index (χ0v) is 19.1. The van der Waals surface area contributed by atoms with Gasteiger partial charge in [-0.3, -0.25) is 14.3 Å². The standard InChI is InChI=1S/C23H28N6O3/c1-14-12-17(20-15(2)26-28(4)21(20)24-14)22(30)25-18-13-16(6-7-19(18)32-5)23(31)29-10-8-27(3)9-11-29/h6-7,12-13H,8-11H2,1-5H3,(H,25,30).